The molecule has 1 aromatic heterocycles. The van der Waals surface area contributed by atoms with Crippen LogP contribution in [0.1, 0.15) is 12.8 Å². The summed E-state index contributed by atoms with van der Waals surface area (Å²) in [6, 6.07) is 12.4. The van der Waals surface area contributed by atoms with Gasteiger partial charge in [-0.1, -0.05) is 18.2 Å². The van der Waals surface area contributed by atoms with E-state index in [0.717, 1.165) is 0 Å². The molecule has 1 aliphatic rings. The first-order valence-electron chi connectivity index (χ1n) is 7.45. The maximum absolute atomic E-state index is 12.5. The van der Waals surface area contributed by atoms with Crippen LogP contribution in [0.15, 0.2) is 53.8 Å². The summed E-state index contributed by atoms with van der Waals surface area (Å²) >= 11 is 0. The Morgan fingerprint density at radius 2 is 1.96 bits per heavy atom. The number of carbonyl (C=O) groups is 2. The third kappa shape index (κ3) is 3.24. The number of hydrazone groups is 1. The smallest absolute Gasteiger partial charge is 0.272 e. The number of hydrogen-bond acceptors (Lipinski definition) is 5. The number of benzene rings is 1. The van der Waals surface area contributed by atoms with E-state index < -0.39 is 0 Å². The van der Waals surface area contributed by atoms with Gasteiger partial charge in [0.15, 0.2) is 0 Å². The summed E-state index contributed by atoms with van der Waals surface area (Å²) in [5.41, 5.74) is 1.37. The fraction of sp³-hybridized carbons (Fsp3) is 0.176. The van der Waals surface area contributed by atoms with Gasteiger partial charge >= 0.3 is 0 Å². The number of pyridine rings is 1. The van der Waals surface area contributed by atoms with E-state index in [0.29, 0.717) is 17.3 Å². The Kier molecular flexibility index (Phi) is 4.51. The molecule has 0 bridgehead atoms. The van der Waals surface area contributed by atoms with E-state index in [9.17, 15) is 9.59 Å². The standard InChI is InChI=1S/C17H16N4O3/c1-24-17-14(8-5-11-18-17)19-16(23)13-9-10-15(22)21(20-13)12-6-3-2-4-7-12/h2-8,11H,9-10H2,1H3,(H,19,23). The van der Waals surface area contributed by atoms with E-state index in [2.05, 4.69) is 15.4 Å². The van der Waals surface area contributed by atoms with Gasteiger partial charge in [0, 0.05) is 19.0 Å². The maximum atomic E-state index is 12.5. The highest BCUT2D eigenvalue weighted by Crippen LogP contribution is 2.22. The molecule has 0 unspecified atom stereocenters. The Morgan fingerprint density at radius 3 is 2.71 bits per heavy atom. The fourth-order valence-electron chi connectivity index (χ4n) is 2.33. The van der Waals surface area contributed by atoms with E-state index in [1.54, 1.807) is 30.5 Å². The Bertz CT molecular complexity index is 789. The van der Waals surface area contributed by atoms with Gasteiger partial charge in [-0.05, 0) is 24.3 Å². The van der Waals surface area contributed by atoms with Gasteiger partial charge in [0.25, 0.3) is 5.91 Å². The minimum Gasteiger partial charge on any atom is -0.480 e. The van der Waals surface area contributed by atoms with Crippen LogP contribution in [0.25, 0.3) is 0 Å². The van der Waals surface area contributed by atoms with Crippen LogP contribution in [0.2, 0.25) is 0 Å². The van der Waals surface area contributed by atoms with Crippen molar-refractivity contribution in [1.82, 2.24) is 4.98 Å². The Morgan fingerprint density at radius 1 is 1.17 bits per heavy atom. The van der Waals surface area contributed by atoms with E-state index in [1.807, 2.05) is 18.2 Å². The van der Waals surface area contributed by atoms with E-state index >= 15 is 0 Å². The van der Waals surface area contributed by atoms with Gasteiger partial charge < -0.3 is 10.1 Å². The van der Waals surface area contributed by atoms with Crippen molar-refractivity contribution < 1.29 is 14.3 Å². The topological polar surface area (TPSA) is 83.9 Å². The third-order valence-electron chi connectivity index (χ3n) is 3.51. The molecule has 0 atom stereocenters. The summed E-state index contributed by atoms with van der Waals surface area (Å²) in [5, 5.41) is 8.20. The SMILES string of the molecule is COc1ncccc1NC(=O)C1=NN(c2ccccc2)C(=O)CC1. The second-order valence-corrected chi connectivity index (χ2v) is 5.10. The monoisotopic (exact) mass is 324 g/mol. The van der Waals surface area contributed by atoms with Crippen molar-refractivity contribution in [3.8, 4) is 5.88 Å². The van der Waals surface area contributed by atoms with Crippen molar-refractivity contribution in [3.05, 3.63) is 48.7 Å². The van der Waals surface area contributed by atoms with Crippen molar-refractivity contribution in [2.45, 2.75) is 12.8 Å². The summed E-state index contributed by atoms with van der Waals surface area (Å²) in [5.74, 6) is -0.204. The highest BCUT2D eigenvalue weighted by molar-refractivity contribution is 6.44. The van der Waals surface area contributed by atoms with Crippen molar-refractivity contribution in [3.63, 3.8) is 0 Å². The van der Waals surface area contributed by atoms with Crippen LogP contribution >= 0.6 is 0 Å². The second kappa shape index (κ2) is 6.91. The molecule has 2 heterocycles. The van der Waals surface area contributed by atoms with Gasteiger partial charge in [0.05, 0.1) is 12.8 Å². The van der Waals surface area contributed by atoms with Crippen LogP contribution in [0, 0.1) is 0 Å². The molecule has 1 aromatic carbocycles. The van der Waals surface area contributed by atoms with Gasteiger partial charge in [-0.25, -0.2) is 9.99 Å². The van der Waals surface area contributed by atoms with Crippen molar-refractivity contribution in [2.75, 3.05) is 17.4 Å². The summed E-state index contributed by atoms with van der Waals surface area (Å²) in [6.07, 6.45) is 2.09. The van der Waals surface area contributed by atoms with Gasteiger partial charge in [-0.3, -0.25) is 9.59 Å². The predicted octanol–water partition coefficient (Wildman–Crippen LogP) is 2.21. The molecule has 0 saturated heterocycles. The molecule has 1 N–H and O–H groups in total. The van der Waals surface area contributed by atoms with Gasteiger partial charge in [-0.15, -0.1) is 0 Å². The minimum atomic E-state index is -0.380. The number of para-hydroxylation sites is 1. The molecule has 0 spiro atoms. The second-order valence-electron chi connectivity index (χ2n) is 5.10. The molecule has 2 aromatic rings. The lowest BCUT2D eigenvalue weighted by molar-refractivity contribution is -0.118. The molecule has 1 aliphatic heterocycles. The van der Waals surface area contributed by atoms with E-state index in [1.165, 1.54) is 12.1 Å². The fourth-order valence-corrected chi connectivity index (χ4v) is 2.33. The Hall–Kier alpha value is -3.22. The van der Waals surface area contributed by atoms with Crippen molar-refractivity contribution in [2.24, 2.45) is 5.10 Å². The molecule has 2 amide bonds. The first-order valence-corrected chi connectivity index (χ1v) is 7.45. The highest BCUT2D eigenvalue weighted by Gasteiger charge is 2.26. The number of amides is 2. The number of carbonyl (C=O) groups excluding carboxylic acids is 2. The van der Waals surface area contributed by atoms with Gasteiger partial charge in [0.1, 0.15) is 11.4 Å². The average Bonchev–Trinajstić information content (AvgIpc) is 2.63. The molecule has 0 fully saturated rings. The van der Waals surface area contributed by atoms with Gasteiger partial charge in [0.2, 0.25) is 11.8 Å². The molecule has 0 saturated carbocycles. The lowest BCUT2D eigenvalue weighted by atomic mass is 10.1. The Balaban J connectivity index is 1.83. The van der Waals surface area contributed by atoms with Crippen LogP contribution in [0.3, 0.4) is 0 Å². The zero-order valence-corrected chi connectivity index (χ0v) is 13.1. The summed E-state index contributed by atoms with van der Waals surface area (Å²) in [4.78, 5) is 28.6. The number of nitrogens with one attached hydrogen (secondary N) is 1. The number of aromatic nitrogens is 1. The average molecular weight is 324 g/mol. The molecule has 122 valence electrons. The summed E-state index contributed by atoms with van der Waals surface area (Å²) < 4.78 is 5.11. The van der Waals surface area contributed by atoms with Crippen LogP contribution < -0.4 is 15.1 Å². The quantitative estimate of drug-likeness (QED) is 0.934. The van der Waals surface area contributed by atoms with E-state index in [-0.39, 0.29) is 30.4 Å². The number of rotatable bonds is 4. The van der Waals surface area contributed by atoms with Crippen LogP contribution in [0.4, 0.5) is 11.4 Å². The van der Waals surface area contributed by atoms with Crippen LogP contribution in [-0.4, -0.2) is 29.6 Å². The molecule has 0 radical (unpaired) electrons. The lowest BCUT2D eigenvalue weighted by Crippen LogP contribution is -2.36. The van der Waals surface area contributed by atoms with Gasteiger partial charge in [-0.2, -0.15) is 5.10 Å². The molecular formula is C17H16N4O3. The predicted molar refractivity (Wildman–Crippen MR) is 90.0 cm³/mol. The number of anilines is 2. The number of nitrogens with zero attached hydrogens (tertiary/aromatic N) is 3. The number of ether oxygens (including phenoxy) is 1. The first-order chi connectivity index (χ1) is 11.7. The summed E-state index contributed by atoms with van der Waals surface area (Å²) in [6.45, 7) is 0. The molecule has 7 heteroatoms. The minimum absolute atomic E-state index is 0.142. The molecule has 0 aliphatic carbocycles. The van der Waals surface area contributed by atoms with Crippen LogP contribution in [-0.2, 0) is 9.59 Å². The zero-order valence-electron chi connectivity index (χ0n) is 13.1. The first kappa shape index (κ1) is 15.7. The maximum Gasteiger partial charge on any atom is 0.272 e. The molecular weight excluding hydrogens is 308 g/mol. The molecule has 7 nitrogen and oxygen atoms in total. The summed E-state index contributed by atoms with van der Waals surface area (Å²) in [7, 11) is 1.48. The number of methoxy groups -OCH3 is 1. The Labute approximate surface area is 139 Å². The highest BCUT2D eigenvalue weighted by atomic mass is 16.5. The number of hydrogen-bond donors (Lipinski definition) is 1. The van der Waals surface area contributed by atoms with Crippen molar-refractivity contribution in [1.29, 1.82) is 0 Å². The molecule has 24 heavy (non-hydrogen) atoms. The van der Waals surface area contributed by atoms with Crippen molar-refractivity contribution >= 4 is 28.9 Å². The lowest BCUT2D eigenvalue weighted by Gasteiger charge is -2.23. The molecule has 3 rings (SSSR count). The third-order valence-corrected chi connectivity index (χ3v) is 3.51. The zero-order chi connectivity index (χ0) is 16.9. The van der Waals surface area contributed by atoms with Crippen LogP contribution in [0.5, 0.6) is 5.88 Å². The largest absolute Gasteiger partial charge is 0.480 e. The normalized spacial score (nSPS) is 14.1. The van der Waals surface area contributed by atoms with E-state index in [4.69, 9.17) is 4.74 Å².